The zero-order chi connectivity index (χ0) is 21.4. The lowest BCUT2D eigenvalue weighted by Gasteiger charge is -2.36. The Morgan fingerprint density at radius 1 is 1.24 bits per heavy atom. The molecule has 1 fully saturated rings. The van der Waals surface area contributed by atoms with Crippen molar-refractivity contribution in [1.29, 1.82) is 0 Å². The van der Waals surface area contributed by atoms with E-state index in [0.717, 1.165) is 10.6 Å². The molecule has 1 aliphatic heterocycles. The maximum Gasteiger partial charge on any atom is 0.306 e. The summed E-state index contributed by atoms with van der Waals surface area (Å²) < 4.78 is 51.5. The quantitative estimate of drug-likeness (QED) is 0.354. The normalized spacial score (nSPS) is 19.9. The second-order valence-electron chi connectivity index (χ2n) is 6.65. The number of hydrogen-bond donors (Lipinski definition) is 6. The van der Waals surface area contributed by atoms with Crippen LogP contribution in [-0.4, -0.2) is 46.8 Å². The van der Waals surface area contributed by atoms with E-state index in [0.29, 0.717) is 16.7 Å². The van der Waals surface area contributed by atoms with E-state index >= 15 is 0 Å². The lowest BCUT2D eigenvalue weighted by molar-refractivity contribution is 0.182. The molecule has 2 aromatic rings. The Kier molecular flexibility index (Phi) is 5.96. The molecule has 160 valence electrons. The van der Waals surface area contributed by atoms with Crippen molar-refractivity contribution in [2.75, 3.05) is 17.1 Å². The Morgan fingerprint density at radius 3 is 2.48 bits per heavy atom. The van der Waals surface area contributed by atoms with Gasteiger partial charge in [-0.25, -0.2) is 0 Å². The van der Waals surface area contributed by atoms with E-state index in [1.807, 2.05) is 0 Å². The summed E-state index contributed by atoms with van der Waals surface area (Å²) in [6.45, 7) is 0.111. The zero-order valence-corrected chi connectivity index (χ0v) is 17.2. The van der Waals surface area contributed by atoms with Crippen LogP contribution in [0.1, 0.15) is 16.7 Å². The monoisotopic (exact) mass is 445 g/mol. The molecule has 0 spiro atoms. The first kappa shape index (κ1) is 21.6. The second-order valence-corrected chi connectivity index (χ2v) is 9.94. The van der Waals surface area contributed by atoms with Crippen molar-refractivity contribution in [1.82, 2.24) is 4.72 Å². The number of hydrogen-bond acceptors (Lipinski definition) is 10. The fourth-order valence-corrected chi connectivity index (χ4v) is 4.83. The minimum atomic E-state index is -3.74. The molecule has 0 saturated carbocycles. The highest BCUT2D eigenvalue weighted by molar-refractivity contribution is 8.24. The SMILES string of the molecule is CS(=O)(=O)Oc1cc(CN)ccc1Cc1ccc(N2CC(O)NS2(O)O)c(O)c1. The fourth-order valence-electron chi connectivity index (χ4n) is 3.00. The maximum atomic E-state index is 11.6. The highest BCUT2D eigenvalue weighted by Crippen LogP contribution is 2.49. The van der Waals surface area contributed by atoms with E-state index in [9.17, 15) is 27.7 Å². The predicted octanol–water partition coefficient (Wildman–Crippen LogP) is 1.09. The number of phenolic OH excluding ortho intramolecular Hbond substituents is 1. The number of aliphatic hydroxyl groups excluding tert-OH is 1. The van der Waals surface area contributed by atoms with Crippen LogP contribution in [0.15, 0.2) is 36.4 Å². The van der Waals surface area contributed by atoms with Crippen molar-refractivity contribution in [2.24, 2.45) is 5.73 Å². The van der Waals surface area contributed by atoms with Gasteiger partial charge in [0.05, 0.1) is 12.8 Å². The topological polar surface area (TPSA) is 166 Å². The molecule has 29 heavy (non-hydrogen) atoms. The number of rotatable bonds is 6. The molecule has 1 unspecified atom stereocenters. The minimum absolute atomic E-state index is 0.109. The Labute approximate surface area is 170 Å². The van der Waals surface area contributed by atoms with Gasteiger partial charge in [0.1, 0.15) is 23.4 Å². The summed E-state index contributed by atoms with van der Waals surface area (Å²) in [5.74, 6) is -0.0670. The van der Waals surface area contributed by atoms with Gasteiger partial charge in [0.15, 0.2) is 0 Å². The summed E-state index contributed by atoms with van der Waals surface area (Å²) >= 11 is 0. The first-order valence-electron chi connectivity index (χ1n) is 8.53. The number of anilines is 1. The van der Waals surface area contributed by atoms with Crippen LogP contribution in [0.2, 0.25) is 0 Å². The zero-order valence-electron chi connectivity index (χ0n) is 15.5. The van der Waals surface area contributed by atoms with Crippen LogP contribution in [0.25, 0.3) is 0 Å². The van der Waals surface area contributed by atoms with Gasteiger partial charge in [-0.3, -0.25) is 13.4 Å². The number of nitrogens with zero attached hydrogens (tertiary/aromatic N) is 1. The van der Waals surface area contributed by atoms with Gasteiger partial charge in [0.2, 0.25) is 0 Å². The van der Waals surface area contributed by atoms with Crippen molar-refractivity contribution in [2.45, 2.75) is 19.2 Å². The highest BCUT2D eigenvalue weighted by atomic mass is 32.3. The minimum Gasteiger partial charge on any atom is -0.506 e. The summed E-state index contributed by atoms with van der Waals surface area (Å²) in [4.78, 5) is 0. The standard InChI is InChI=1S/C17H23N3O7S2/c1-28(23,24)27-16-8-12(9-18)2-4-13(16)6-11-3-5-14(15(21)7-11)20-10-17(22)19-29(20,25)26/h2-5,7-8,17,19,21-22,25-26H,6,9-10,18H2,1H3. The largest absolute Gasteiger partial charge is 0.506 e. The molecule has 1 atom stereocenters. The lowest BCUT2D eigenvalue weighted by atomic mass is 10.0. The van der Waals surface area contributed by atoms with Crippen LogP contribution in [0.3, 0.4) is 0 Å². The summed E-state index contributed by atoms with van der Waals surface area (Å²) in [5, 5.41) is 20.0. The van der Waals surface area contributed by atoms with Crippen LogP contribution in [0, 0.1) is 0 Å². The van der Waals surface area contributed by atoms with Crippen molar-refractivity contribution in [3.63, 3.8) is 0 Å². The Morgan fingerprint density at radius 2 is 1.93 bits per heavy atom. The second kappa shape index (κ2) is 7.99. The van der Waals surface area contributed by atoms with E-state index < -0.39 is 27.3 Å². The fraction of sp³-hybridized carbons (Fsp3) is 0.294. The van der Waals surface area contributed by atoms with Crippen molar-refractivity contribution in [3.05, 3.63) is 53.1 Å². The smallest absolute Gasteiger partial charge is 0.306 e. The predicted molar refractivity (Wildman–Crippen MR) is 110 cm³/mol. The Hall–Kier alpha value is -2.06. The Balaban J connectivity index is 1.89. The summed E-state index contributed by atoms with van der Waals surface area (Å²) in [6.07, 6.45) is 0.0557. The first-order valence-corrected chi connectivity index (χ1v) is 11.8. The van der Waals surface area contributed by atoms with E-state index in [1.54, 1.807) is 24.3 Å². The van der Waals surface area contributed by atoms with Gasteiger partial charge >= 0.3 is 10.1 Å². The molecule has 7 N–H and O–H groups in total. The number of nitrogens with two attached hydrogens (primary N) is 1. The van der Waals surface area contributed by atoms with Crippen molar-refractivity contribution >= 4 is 26.8 Å². The third-order valence-electron chi connectivity index (χ3n) is 4.25. The molecular weight excluding hydrogens is 422 g/mol. The van der Waals surface area contributed by atoms with Crippen molar-refractivity contribution in [3.8, 4) is 11.5 Å². The number of aliphatic hydroxyl groups is 1. The van der Waals surface area contributed by atoms with Crippen LogP contribution in [0.4, 0.5) is 5.69 Å². The van der Waals surface area contributed by atoms with Gasteiger partial charge < -0.3 is 20.1 Å². The first-order chi connectivity index (χ1) is 13.5. The molecule has 0 amide bonds. The average molecular weight is 446 g/mol. The number of benzene rings is 2. The summed E-state index contributed by atoms with van der Waals surface area (Å²) in [5.41, 5.74) is 7.66. The van der Waals surface area contributed by atoms with E-state index in [1.165, 1.54) is 12.1 Å². The molecule has 0 aliphatic carbocycles. The van der Waals surface area contributed by atoms with Gasteiger partial charge in [-0.05, 0) is 29.3 Å². The van der Waals surface area contributed by atoms with Gasteiger partial charge in [0, 0.05) is 18.5 Å². The van der Waals surface area contributed by atoms with Gasteiger partial charge in [-0.1, -0.05) is 29.2 Å². The molecule has 3 rings (SSSR count). The number of nitrogens with one attached hydrogen (secondary N) is 1. The molecular formula is C17H23N3O7S2. The molecule has 10 nitrogen and oxygen atoms in total. The Bertz CT molecular complexity index is 1010. The van der Waals surface area contributed by atoms with E-state index in [-0.39, 0.29) is 36.7 Å². The van der Waals surface area contributed by atoms with Crippen molar-refractivity contribution < 1.29 is 31.9 Å². The molecule has 0 bridgehead atoms. The molecule has 0 radical (unpaired) electrons. The van der Waals surface area contributed by atoms with Crippen LogP contribution >= 0.6 is 11.0 Å². The van der Waals surface area contributed by atoms with Crippen LogP contribution in [-0.2, 0) is 23.1 Å². The molecule has 2 aromatic carbocycles. The number of β-amino-alcohol motifs (C(OH)–C–C–N with tert-alkyl or cyclic N) is 1. The van der Waals surface area contributed by atoms with E-state index in [4.69, 9.17) is 9.92 Å². The molecule has 1 aliphatic rings. The molecule has 1 saturated heterocycles. The third kappa shape index (κ3) is 5.11. The van der Waals surface area contributed by atoms with Crippen LogP contribution < -0.4 is 18.9 Å². The highest BCUT2D eigenvalue weighted by Gasteiger charge is 2.36. The summed E-state index contributed by atoms with van der Waals surface area (Å²) in [7, 11) is -7.18. The third-order valence-corrected chi connectivity index (χ3v) is 6.28. The van der Waals surface area contributed by atoms with Gasteiger partial charge in [0.25, 0.3) is 0 Å². The summed E-state index contributed by atoms with van der Waals surface area (Å²) in [6, 6.07) is 9.57. The van der Waals surface area contributed by atoms with Gasteiger partial charge in [-0.15, -0.1) is 0 Å². The number of phenols is 1. The molecule has 0 aromatic heterocycles. The maximum absolute atomic E-state index is 11.6. The lowest BCUT2D eigenvalue weighted by Crippen LogP contribution is -2.25. The molecule has 12 heteroatoms. The van der Waals surface area contributed by atoms with Gasteiger partial charge in [-0.2, -0.15) is 13.1 Å². The average Bonchev–Trinajstić information content (AvgIpc) is 2.87. The number of aromatic hydroxyl groups is 1. The molecule has 1 heterocycles. The van der Waals surface area contributed by atoms with E-state index in [2.05, 4.69) is 4.72 Å². The van der Waals surface area contributed by atoms with Crippen LogP contribution in [0.5, 0.6) is 11.5 Å².